The molecule has 0 radical (unpaired) electrons. The maximum atomic E-state index is 12.9. The van der Waals surface area contributed by atoms with Crippen LogP contribution in [0.1, 0.15) is 58.9 Å². The maximum absolute atomic E-state index is 12.9. The number of benzene rings is 2. The summed E-state index contributed by atoms with van der Waals surface area (Å²) in [5, 5.41) is 9.13. The topological polar surface area (TPSA) is 64.0 Å². The number of amides is 1. The average Bonchev–Trinajstić information content (AvgIpc) is 3.21. The minimum absolute atomic E-state index is 0.0353. The summed E-state index contributed by atoms with van der Waals surface area (Å²) in [7, 11) is 0. The number of aryl methyl sites for hydroxylation is 2. The van der Waals surface area contributed by atoms with Crippen molar-refractivity contribution >= 4 is 16.7 Å². The van der Waals surface area contributed by atoms with Gasteiger partial charge in [0, 0.05) is 10.9 Å². The van der Waals surface area contributed by atoms with Crippen molar-refractivity contribution in [3.05, 3.63) is 75.2 Å². The van der Waals surface area contributed by atoms with E-state index in [4.69, 9.17) is 0 Å². The van der Waals surface area contributed by atoms with Crippen LogP contribution in [0.4, 0.5) is 0 Å². The molecule has 0 atom stereocenters. The van der Waals surface area contributed by atoms with Crippen LogP contribution in [-0.4, -0.2) is 15.7 Å². The fourth-order valence-corrected chi connectivity index (χ4v) is 4.17. The molecule has 2 aromatic carbocycles. The number of aromatic nitrogens is 2. The van der Waals surface area contributed by atoms with E-state index in [2.05, 4.69) is 10.4 Å². The zero-order valence-electron chi connectivity index (χ0n) is 16.4. The zero-order chi connectivity index (χ0) is 19.7. The predicted molar refractivity (Wildman–Crippen MR) is 111 cm³/mol. The molecule has 1 aromatic heterocycles. The molecular formula is C23H25N3O2. The van der Waals surface area contributed by atoms with E-state index >= 15 is 0 Å². The van der Waals surface area contributed by atoms with Crippen molar-refractivity contribution in [3.8, 4) is 0 Å². The van der Waals surface area contributed by atoms with Gasteiger partial charge in [0.05, 0.1) is 23.7 Å². The van der Waals surface area contributed by atoms with Gasteiger partial charge in [0.15, 0.2) is 0 Å². The summed E-state index contributed by atoms with van der Waals surface area (Å²) in [6, 6.07) is 13.5. The third-order valence-electron chi connectivity index (χ3n) is 5.48. The van der Waals surface area contributed by atoms with Crippen LogP contribution in [0.5, 0.6) is 0 Å². The molecule has 28 heavy (non-hydrogen) atoms. The molecule has 1 aliphatic carbocycles. The van der Waals surface area contributed by atoms with Crippen molar-refractivity contribution in [2.75, 3.05) is 0 Å². The van der Waals surface area contributed by atoms with Gasteiger partial charge in [-0.1, -0.05) is 48.2 Å². The Labute approximate surface area is 164 Å². The molecule has 0 aliphatic heterocycles. The van der Waals surface area contributed by atoms with Gasteiger partial charge in [-0.3, -0.25) is 9.59 Å². The van der Waals surface area contributed by atoms with Gasteiger partial charge in [-0.15, -0.1) is 0 Å². The van der Waals surface area contributed by atoms with E-state index in [1.807, 2.05) is 56.3 Å². The molecule has 3 aromatic rings. The molecule has 5 nitrogen and oxygen atoms in total. The molecule has 4 rings (SSSR count). The predicted octanol–water partition coefficient (Wildman–Crippen LogP) is 4.06. The zero-order valence-corrected chi connectivity index (χ0v) is 16.4. The quantitative estimate of drug-likeness (QED) is 0.748. The van der Waals surface area contributed by atoms with Crippen LogP contribution in [-0.2, 0) is 6.54 Å². The molecule has 5 heteroatoms. The number of hydrogen-bond donors (Lipinski definition) is 1. The lowest BCUT2D eigenvalue weighted by atomic mass is 10.1. The largest absolute Gasteiger partial charge is 0.346 e. The van der Waals surface area contributed by atoms with Crippen LogP contribution in [0.3, 0.4) is 0 Å². The summed E-state index contributed by atoms with van der Waals surface area (Å²) in [6.45, 7) is 4.26. The summed E-state index contributed by atoms with van der Waals surface area (Å²) >= 11 is 0. The Kier molecular flexibility index (Phi) is 4.99. The number of nitrogens with zero attached hydrogens (tertiary/aromatic N) is 2. The molecule has 1 heterocycles. The molecule has 1 aliphatic rings. The first-order chi connectivity index (χ1) is 13.5. The molecule has 144 valence electrons. The molecule has 0 unspecified atom stereocenters. The van der Waals surface area contributed by atoms with E-state index < -0.39 is 0 Å². The third-order valence-corrected chi connectivity index (χ3v) is 5.48. The van der Waals surface area contributed by atoms with Crippen molar-refractivity contribution in [1.29, 1.82) is 0 Å². The lowest BCUT2D eigenvalue weighted by molar-refractivity contribution is 0.0950. The van der Waals surface area contributed by atoms with Gasteiger partial charge in [-0.2, -0.15) is 5.10 Å². The van der Waals surface area contributed by atoms with Crippen molar-refractivity contribution < 1.29 is 4.79 Å². The van der Waals surface area contributed by atoms with Gasteiger partial charge in [0.25, 0.3) is 11.5 Å². The average molecular weight is 375 g/mol. The summed E-state index contributed by atoms with van der Waals surface area (Å²) in [5.41, 5.74) is 3.46. The first-order valence-electron chi connectivity index (χ1n) is 9.90. The van der Waals surface area contributed by atoms with Crippen LogP contribution < -0.4 is 10.9 Å². The minimum Gasteiger partial charge on any atom is -0.346 e. The Morgan fingerprint density at radius 1 is 1.07 bits per heavy atom. The minimum atomic E-state index is -0.128. The van der Waals surface area contributed by atoms with E-state index in [1.165, 1.54) is 0 Å². The Balaban J connectivity index is 1.67. The fourth-order valence-electron chi connectivity index (χ4n) is 4.17. The second kappa shape index (κ2) is 7.58. The number of hydrogen-bond acceptors (Lipinski definition) is 3. The first kappa shape index (κ1) is 18.4. The number of nitrogens with one attached hydrogen (secondary N) is 1. The van der Waals surface area contributed by atoms with Crippen molar-refractivity contribution in [2.45, 2.75) is 52.1 Å². The van der Waals surface area contributed by atoms with Crippen LogP contribution in [0.2, 0.25) is 0 Å². The number of carbonyl (C=O) groups excluding carboxylic acids is 1. The summed E-state index contributed by atoms with van der Waals surface area (Å²) in [6.07, 6.45) is 4.23. The molecule has 0 bridgehead atoms. The molecule has 1 amide bonds. The molecule has 1 fully saturated rings. The number of rotatable bonds is 4. The van der Waals surface area contributed by atoms with Crippen molar-refractivity contribution in [2.24, 2.45) is 0 Å². The van der Waals surface area contributed by atoms with Crippen LogP contribution in [0.25, 0.3) is 10.8 Å². The fraction of sp³-hybridized carbons (Fsp3) is 0.348. The second-order valence-electron chi connectivity index (χ2n) is 7.74. The lowest BCUT2D eigenvalue weighted by Gasteiger charge is -2.16. The van der Waals surface area contributed by atoms with E-state index in [-0.39, 0.29) is 17.5 Å². The SMILES string of the molecule is Cc1cc(C)cc(C(=O)NCc2nn(C3CCCC3)c(=O)c3ccccc23)c1. The Bertz CT molecular complexity index is 1070. The van der Waals surface area contributed by atoms with E-state index in [9.17, 15) is 9.59 Å². The van der Waals surface area contributed by atoms with Gasteiger partial charge in [0.1, 0.15) is 0 Å². The standard InChI is InChI=1S/C23H25N3O2/c1-15-11-16(2)13-17(12-15)22(27)24-14-21-19-9-5-6-10-20(19)23(28)26(25-21)18-7-3-4-8-18/h5-6,9-13,18H,3-4,7-8,14H2,1-2H3,(H,24,27). The van der Waals surface area contributed by atoms with Gasteiger partial charge in [0.2, 0.25) is 0 Å². The highest BCUT2D eigenvalue weighted by molar-refractivity contribution is 5.94. The number of carbonyl (C=O) groups is 1. The van der Waals surface area contributed by atoms with Gasteiger partial charge in [-0.05, 0) is 44.9 Å². The van der Waals surface area contributed by atoms with E-state index in [0.717, 1.165) is 47.9 Å². The molecule has 1 N–H and O–H groups in total. The van der Waals surface area contributed by atoms with Gasteiger partial charge >= 0.3 is 0 Å². The Hall–Kier alpha value is -2.95. The third kappa shape index (κ3) is 3.57. The second-order valence-corrected chi connectivity index (χ2v) is 7.74. The molecule has 1 saturated carbocycles. The number of fused-ring (bicyclic) bond motifs is 1. The lowest BCUT2D eigenvalue weighted by Crippen LogP contribution is -2.30. The van der Waals surface area contributed by atoms with Crippen LogP contribution >= 0.6 is 0 Å². The van der Waals surface area contributed by atoms with Crippen LogP contribution in [0, 0.1) is 13.8 Å². The molecule has 0 saturated heterocycles. The highest BCUT2D eigenvalue weighted by atomic mass is 16.1. The van der Waals surface area contributed by atoms with Crippen LogP contribution in [0.15, 0.2) is 47.3 Å². The van der Waals surface area contributed by atoms with E-state index in [1.54, 1.807) is 4.68 Å². The summed E-state index contributed by atoms with van der Waals surface area (Å²) < 4.78 is 1.65. The highest BCUT2D eigenvalue weighted by Gasteiger charge is 2.21. The van der Waals surface area contributed by atoms with Crippen molar-refractivity contribution in [3.63, 3.8) is 0 Å². The highest BCUT2D eigenvalue weighted by Crippen LogP contribution is 2.28. The Morgan fingerprint density at radius 2 is 1.71 bits per heavy atom. The smallest absolute Gasteiger partial charge is 0.274 e. The van der Waals surface area contributed by atoms with Gasteiger partial charge in [-0.25, -0.2) is 4.68 Å². The summed E-state index contributed by atoms with van der Waals surface area (Å²) in [4.78, 5) is 25.6. The first-order valence-corrected chi connectivity index (χ1v) is 9.90. The van der Waals surface area contributed by atoms with Gasteiger partial charge < -0.3 is 5.32 Å². The normalized spacial score (nSPS) is 14.5. The van der Waals surface area contributed by atoms with E-state index in [0.29, 0.717) is 17.5 Å². The Morgan fingerprint density at radius 3 is 2.39 bits per heavy atom. The maximum Gasteiger partial charge on any atom is 0.274 e. The van der Waals surface area contributed by atoms with Crippen molar-refractivity contribution in [1.82, 2.24) is 15.1 Å². The summed E-state index contributed by atoms with van der Waals surface area (Å²) in [5.74, 6) is -0.128. The monoisotopic (exact) mass is 375 g/mol. The molecular weight excluding hydrogens is 350 g/mol. The molecule has 0 spiro atoms.